The maximum Gasteiger partial charge on any atom is 0.321 e. The number of nitrogens with one attached hydrogen (secondary N) is 1. The van der Waals surface area contributed by atoms with Crippen molar-refractivity contribution in [3.8, 4) is 0 Å². The smallest absolute Gasteiger partial charge is 0.321 e. The van der Waals surface area contributed by atoms with Gasteiger partial charge in [-0.1, -0.05) is 0 Å². The van der Waals surface area contributed by atoms with Crippen molar-refractivity contribution < 1.29 is 14.7 Å². The highest BCUT2D eigenvalue weighted by Gasteiger charge is 2.28. The summed E-state index contributed by atoms with van der Waals surface area (Å²) in [4.78, 5) is 24.9. The van der Waals surface area contributed by atoms with Crippen LogP contribution in [0.15, 0.2) is 29.6 Å². The molecule has 0 unspecified atom stereocenters. The summed E-state index contributed by atoms with van der Waals surface area (Å²) < 4.78 is 1.18. The standard InChI is InChI=1S/C15H16N2O3S/c18-14(19)11-2-1-6-17(9-11)15(20)16-12-3-4-13-10(8-12)5-7-21-13/h3-5,7-8,11H,1-2,6,9H2,(H,16,20)(H,18,19)/t11-/m0/s1. The molecule has 1 aliphatic rings. The molecule has 0 radical (unpaired) electrons. The number of fused-ring (bicyclic) bond motifs is 1. The van der Waals surface area contributed by atoms with Crippen LogP contribution in [0.3, 0.4) is 0 Å². The van der Waals surface area contributed by atoms with Crippen LogP contribution in [0, 0.1) is 5.92 Å². The number of hydrogen-bond acceptors (Lipinski definition) is 3. The quantitative estimate of drug-likeness (QED) is 0.895. The van der Waals surface area contributed by atoms with Crippen LogP contribution < -0.4 is 5.32 Å². The number of nitrogens with zero attached hydrogens (tertiary/aromatic N) is 1. The molecule has 2 aromatic rings. The molecule has 0 saturated carbocycles. The van der Waals surface area contributed by atoms with Gasteiger partial charge in [0.05, 0.1) is 5.92 Å². The Kier molecular flexibility index (Phi) is 3.79. The molecule has 1 atom stereocenters. The van der Waals surface area contributed by atoms with Crippen LogP contribution in [0.2, 0.25) is 0 Å². The van der Waals surface area contributed by atoms with Gasteiger partial charge in [-0.05, 0) is 47.9 Å². The van der Waals surface area contributed by atoms with Crippen LogP contribution in [0.25, 0.3) is 10.1 Å². The number of hydrogen-bond donors (Lipinski definition) is 2. The van der Waals surface area contributed by atoms with Crippen molar-refractivity contribution in [1.29, 1.82) is 0 Å². The van der Waals surface area contributed by atoms with Gasteiger partial charge in [-0.15, -0.1) is 11.3 Å². The number of carboxylic acid groups (broad SMARTS) is 1. The number of piperidine rings is 1. The molecule has 2 amide bonds. The Morgan fingerprint density at radius 2 is 2.19 bits per heavy atom. The second kappa shape index (κ2) is 5.73. The SMILES string of the molecule is O=C(O)[C@H]1CCCN(C(=O)Nc2ccc3sccc3c2)C1. The third-order valence-corrected chi connectivity index (χ3v) is 4.66. The number of carbonyl (C=O) groups excluding carboxylic acids is 1. The van der Waals surface area contributed by atoms with Crippen LogP contribution in [0.1, 0.15) is 12.8 Å². The summed E-state index contributed by atoms with van der Waals surface area (Å²) in [6.07, 6.45) is 1.37. The molecule has 5 nitrogen and oxygen atoms in total. The first-order valence-electron chi connectivity index (χ1n) is 6.89. The average Bonchev–Trinajstić information content (AvgIpc) is 2.95. The molecule has 1 saturated heterocycles. The fourth-order valence-electron chi connectivity index (χ4n) is 2.61. The van der Waals surface area contributed by atoms with Gasteiger partial charge in [0, 0.05) is 23.5 Å². The van der Waals surface area contributed by atoms with Crippen LogP contribution in [0.4, 0.5) is 10.5 Å². The zero-order chi connectivity index (χ0) is 14.8. The summed E-state index contributed by atoms with van der Waals surface area (Å²) in [5.74, 6) is -1.28. The van der Waals surface area contributed by atoms with Crippen LogP contribution in [0.5, 0.6) is 0 Å². The number of anilines is 1. The van der Waals surface area contributed by atoms with Gasteiger partial charge in [0.1, 0.15) is 0 Å². The maximum atomic E-state index is 12.2. The van der Waals surface area contributed by atoms with E-state index in [1.807, 2.05) is 29.6 Å². The normalized spacial score (nSPS) is 18.7. The van der Waals surface area contributed by atoms with Gasteiger partial charge in [-0.2, -0.15) is 0 Å². The Morgan fingerprint density at radius 3 is 3.00 bits per heavy atom. The Labute approximate surface area is 126 Å². The first-order valence-corrected chi connectivity index (χ1v) is 7.77. The third-order valence-electron chi connectivity index (χ3n) is 3.76. The minimum atomic E-state index is -0.827. The first-order chi connectivity index (χ1) is 10.1. The molecule has 2 N–H and O–H groups in total. The molecule has 0 aliphatic carbocycles. The lowest BCUT2D eigenvalue weighted by Crippen LogP contribution is -2.44. The molecular weight excluding hydrogens is 288 g/mol. The van der Waals surface area contributed by atoms with E-state index in [1.54, 1.807) is 16.2 Å². The molecule has 3 rings (SSSR count). The molecule has 110 valence electrons. The number of aliphatic carboxylic acids is 1. The maximum absolute atomic E-state index is 12.2. The molecule has 1 aromatic carbocycles. The van der Waals surface area contributed by atoms with Crippen molar-refractivity contribution in [1.82, 2.24) is 4.90 Å². The van der Waals surface area contributed by atoms with Gasteiger partial charge in [-0.3, -0.25) is 4.79 Å². The lowest BCUT2D eigenvalue weighted by molar-refractivity contribution is -0.143. The molecular formula is C15H16N2O3S. The molecule has 1 aliphatic heterocycles. The zero-order valence-corrected chi connectivity index (χ0v) is 12.2. The van der Waals surface area contributed by atoms with Crippen LogP contribution >= 0.6 is 11.3 Å². The van der Waals surface area contributed by atoms with Crippen molar-refractivity contribution in [3.63, 3.8) is 0 Å². The van der Waals surface area contributed by atoms with Gasteiger partial charge in [0.25, 0.3) is 0 Å². The molecule has 6 heteroatoms. The molecule has 1 aromatic heterocycles. The van der Waals surface area contributed by atoms with Crippen molar-refractivity contribution in [2.24, 2.45) is 5.92 Å². The van der Waals surface area contributed by atoms with Gasteiger partial charge < -0.3 is 15.3 Å². The molecule has 0 bridgehead atoms. The predicted octanol–water partition coefficient (Wildman–Crippen LogP) is 3.23. The monoisotopic (exact) mass is 304 g/mol. The Balaban J connectivity index is 1.69. The highest BCUT2D eigenvalue weighted by atomic mass is 32.1. The minimum Gasteiger partial charge on any atom is -0.481 e. The van der Waals surface area contributed by atoms with Crippen LogP contribution in [-0.4, -0.2) is 35.1 Å². The first kappa shape index (κ1) is 13.9. The Morgan fingerprint density at radius 1 is 1.33 bits per heavy atom. The van der Waals surface area contributed by atoms with Crippen molar-refractivity contribution in [3.05, 3.63) is 29.6 Å². The number of carboxylic acids is 1. The van der Waals surface area contributed by atoms with Crippen molar-refractivity contribution >= 4 is 39.1 Å². The molecule has 21 heavy (non-hydrogen) atoms. The third kappa shape index (κ3) is 3.00. The fraction of sp³-hybridized carbons (Fsp3) is 0.333. The number of thiophene rings is 1. The summed E-state index contributed by atoms with van der Waals surface area (Å²) in [6, 6.07) is 7.57. The highest BCUT2D eigenvalue weighted by molar-refractivity contribution is 7.17. The summed E-state index contributed by atoms with van der Waals surface area (Å²) in [5, 5.41) is 15.0. The van der Waals surface area contributed by atoms with E-state index in [0.717, 1.165) is 17.5 Å². The Hall–Kier alpha value is -2.08. The second-order valence-electron chi connectivity index (χ2n) is 5.23. The lowest BCUT2D eigenvalue weighted by Gasteiger charge is -2.30. The number of benzene rings is 1. The fourth-order valence-corrected chi connectivity index (χ4v) is 3.38. The highest BCUT2D eigenvalue weighted by Crippen LogP contribution is 2.24. The molecule has 1 fully saturated rings. The number of likely N-dealkylation sites (tertiary alicyclic amines) is 1. The Bertz CT molecular complexity index is 682. The van der Waals surface area contributed by atoms with E-state index in [9.17, 15) is 9.59 Å². The van der Waals surface area contributed by atoms with E-state index in [-0.39, 0.29) is 12.6 Å². The van der Waals surface area contributed by atoms with Gasteiger partial charge in [-0.25, -0.2) is 4.79 Å². The second-order valence-corrected chi connectivity index (χ2v) is 6.17. The number of urea groups is 1. The molecule has 2 heterocycles. The van der Waals surface area contributed by atoms with Gasteiger partial charge in [0.2, 0.25) is 0 Å². The van der Waals surface area contributed by atoms with E-state index in [1.165, 1.54) is 4.70 Å². The summed E-state index contributed by atoms with van der Waals surface area (Å²) in [6.45, 7) is 0.887. The number of rotatable bonds is 2. The zero-order valence-electron chi connectivity index (χ0n) is 11.4. The average molecular weight is 304 g/mol. The van der Waals surface area contributed by atoms with E-state index < -0.39 is 11.9 Å². The number of carbonyl (C=O) groups is 2. The minimum absolute atomic E-state index is 0.226. The van der Waals surface area contributed by atoms with E-state index in [0.29, 0.717) is 13.0 Å². The van der Waals surface area contributed by atoms with Gasteiger partial charge >= 0.3 is 12.0 Å². The van der Waals surface area contributed by atoms with E-state index in [2.05, 4.69) is 5.32 Å². The van der Waals surface area contributed by atoms with E-state index >= 15 is 0 Å². The van der Waals surface area contributed by atoms with Gasteiger partial charge in [0.15, 0.2) is 0 Å². The topological polar surface area (TPSA) is 69.6 Å². The number of amides is 2. The summed E-state index contributed by atoms with van der Waals surface area (Å²) in [5.41, 5.74) is 0.739. The lowest BCUT2D eigenvalue weighted by atomic mass is 9.99. The summed E-state index contributed by atoms with van der Waals surface area (Å²) >= 11 is 1.66. The van der Waals surface area contributed by atoms with Crippen LogP contribution in [-0.2, 0) is 4.79 Å². The van der Waals surface area contributed by atoms with Crippen molar-refractivity contribution in [2.75, 3.05) is 18.4 Å². The summed E-state index contributed by atoms with van der Waals surface area (Å²) in [7, 11) is 0. The molecule has 0 spiro atoms. The largest absolute Gasteiger partial charge is 0.481 e. The van der Waals surface area contributed by atoms with Crippen molar-refractivity contribution in [2.45, 2.75) is 12.8 Å². The van der Waals surface area contributed by atoms with E-state index in [4.69, 9.17) is 5.11 Å². The predicted molar refractivity (Wildman–Crippen MR) is 82.8 cm³/mol.